The van der Waals surface area contributed by atoms with Crippen molar-refractivity contribution in [2.45, 2.75) is 25.8 Å². The second kappa shape index (κ2) is 9.21. The summed E-state index contributed by atoms with van der Waals surface area (Å²) in [5.74, 6) is 1.03. The van der Waals surface area contributed by atoms with Gasteiger partial charge in [0, 0.05) is 25.8 Å². The van der Waals surface area contributed by atoms with E-state index in [1.54, 1.807) is 22.9 Å². The van der Waals surface area contributed by atoms with Crippen LogP contribution in [0.15, 0.2) is 36.5 Å². The van der Waals surface area contributed by atoms with Gasteiger partial charge in [-0.2, -0.15) is 0 Å². The molecule has 1 aromatic carbocycles. The summed E-state index contributed by atoms with van der Waals surface area (Å²) >= 11 is 0. The normalized spacial score (nSPS) is 19.0. The maximum Gasteiger partial charge on any atom is 0.261 e. The molecule has 158 valence electrons. The van der Waals surface area contributed by atoms with Gasteiger partial charge in [-0.25, -0.2) is 9.97 Å². The highest BCUT2D eigenvalue weighted by atomic mass is 16.5. The number of hydrogen-bond acceptors (Lipinski definition) is 6. The van der Waals surface area contributed by atoms with Crippen molar-refractivity contribution in [2.24, 2.45) is 0 Å². The number of carbonyl (C=O) groups is 2. The number of likely N-dealkylation sites (tertiary alicyclic amines) is 1. The van der Waals surface area contributed by atoms with Gasteiger partial charge in [-0.15, -0.1) is 0 Å². The minimum Gasteiger partial charge on any atom is -0.484 e. The first-order valence-electron chi connectivity index (χ1n) is 10.3. The van der Waals surface area contributed by atoms with E-state index >= 15 is 0 Å². The fourth-order valence-electron chi connectivity index (χ4n) is 3.94. The summed E-state index contributed by atoms with van der Waals surface area (Å²) in [6.45, 7) is 4.52. The van der Waals surface area contributed by atoms with E-state index in [2.05, 4.69) is 9.97 Å². The molecule has 3 heterocycles. The molecule has 2 fully saturated rings. The molecule has 30 heavy (non-hydrogen) atoms. The first-order valence-corrected chi connectivity index (χ1v) is 10.3. The summed E-state index contributed by atoms with van der Waals surface area (Å²) in [6, 6.07) is 9.02. The summed E-state index contributed by atoms with van der Waals surface area (Å²) in [5, 5.41) is 0. The minimum absolute atomic E-state index is 0.0443. The number of benzene rings is 1. The molecular weight excluding hydrogens is 384 g/mol. The van der Waals surface area contributed by atoms with Gasteiger partial charge in [0.25, 0.3) is 11.8 Å². The Hall–Kier alpha value is -3.00. The highest BCUT2D eigenvalue weighted by Crippen LogP contribution is 2.33. The Morgan fingerprint density at radius 1 is 1.17 bits per heavy atom. The number of nitrogens with zero attached hydrogens (tertiary/aromatic N) is 4. The standard InChI is InChI=1S/C22H26N4O4/c1-16-23-14-18(22(28)25-10-12-29-13-11-25)21(24-16)19-8-5-9-26(19)20(27)15-30-17-6-3-2-4-7-17/h2-4,6-7,14,19H,5,8-13,15H2,1H3/t19-/m1/s1. The van der Waals surface area contributed by atoms with Gasteiger partial charge in [0.05, 0.1) is 30.5 Å². The van der Waals surface area contributed by atoms with Crippen LogP contribution in [0.3, 0.4) is 0 Å². The van der Waals surface area contributed by atoms with E-state index < -0.39 is 0 Å². The van der Waals surface area contributed by atoms with Crippen LogP contribution in [0.2, 0.25) is 0 Å². The van der Waals surface area contributed by atoms with Crippen LogP contribution in [-0.4, -0.2) is 71.0 Å². The number of aryl methyl sites for hydroxylation is 1. The van der Waals surface area contributed by atoms with Crippen LogP contribution in [0.4, 0.5) is 0 Å². The lowest BCUT2D eigenvalue weighted by Gasteiger charge is -2.29. The lowest BCUT2D eigenvalue weighted by Crippen LogP contribution is -2.42. The quantitative estimate of drug-likeness (QED) is 0.750. The fourth-order valence-corrected chi connectivity index (χ4v) is 3.94. The molecule has 1 aromatic heterocycles. The van der Waals surface area contributed by atoms with Crippen LogP contribution in [-0.2, 0) is 9.53 Å². The molecule has 1 atom stereocenters. The van der Waals surface area contributed by atoms with E-state index in [9.17, 15) is 9.59 Å². The predicted octanol–water partition coefficient (Wildman–Crippen LogP) is 2.00. The Bertz CT molecular complexity index is 899. The molecule has 2 amide bonds. The predicted molar refractivity (Wildman–Crippen MR) is 109 cm³/mol. The van der Waals surface area contributed by atoms with E-state index in [0.717, 1.165) is 12.8 Å². The van der Waals surface area contributed by atoms with Crippen LogP contribution >= 0.6 is 0 Å². The van der Waals surface area contributed by atoms with Crippen molar-refractivity contribution < 1.29 is 19.1 Å². The van der Waals surface area contributed by atoms with E-state index in [0.29, 0.717) is 55.7 Å². The van der Waals surface area contributed by atoms with Crippen LogP contribution in [0.25, 0.3) is 0 Å². The third kappa shape index (κ3) is 4.43. The highest BCUT2D eigenvalue weighted by molar-refractivity contribution is 5.95. The second-order valence-corrected chi connectivity index (χ2v) is 7.47. The maximum absolute atomic E-state index is 13.1. The minimum atomic E-state index is -0.251. The van der Waals surface area contributed by atoms with Gasteiger partial charge in [-0.05, 0) is 31.9 Å². The maximum atomic E-state index is 13.1. The third-order valence-electron chi connectivity index (χ3n) is 5.46. The molecule has 2 aromatic rings. The topological polar surface area (TPSA) is 84.9 Å². The van der Waals surface area contributed by atoms with Crippen molar-refractivity contribution in [1.29, 1.82) is 0 Å². The summed E-state index contributed by atoms with van der Waals surface area (Å²) in [6.07, 6.45) is 3.21. The molecule has 2 saturated heterocycles. The van der Waals surface area contributed by atoms with Gasteiger partial charge < -0.3 is 19.3 Å². The molecular formula is C22H26N4O4. The number of aromatic nitrogens is 2. The number of para-hydroxylation sites is 1. The smallest absolute Gasteiger partial charge is 0.261 e. The van der Waals surface area contributed by atoms with E-state index in [-0.39, 0.29) is 24.5 Å². The average Bonchev–Trinajstić information content (AvgIpc) is 3.28. The molecule has 2 aliphatic rings. The zero-order valence-electron chi connectivity index (χ0n) is 17.1. The van der Waals surface area contributed by atoms with Crippen molar-refractivity contribution in [3.63, 3.8) is 0 Å². The number of morpholine rings is 1. The summed E-state index contributed by atoms with van der Waals surface area (Å²) in [4.78, 5) is 38.4. The highest BCUT2D eigenvalue weighted by Gasteiger charge is 2.35. The largest absolute Gasteiger partial charge is 0.484 e. The SMILES string of the molecule is Cc1ncc(C(=O)N2CCOCC2)c([C@H]2CCCN2C(=O)COc2ccccc2)n1. The first kappa shape index (κ1) is 20.3. The van der Waals surface area contributed by atoms with Crippen molar-refractivity contribution in [2.75, 3.05) is 39.5 Å². The molecule has 0 unspecified atom stereocenters. The van der Waals surface area contributed by atoms with Gasteiger partial charge in [0.1, 0.15) is 11.6 Å². The zero-order chi connectivity index (χ0) is 20.9. The van der Waals surface area contributed by atoms with Gasteiger partial charge in [0.2, 0.25) is 0 Å². The molecule has 0 radical (unpaired) electrons. The Balaban J connectivity index is 1.53. The molecule has 0 saturated carbocycles. The molecule has 4 rings (SSSR count). The Labute approximate surface area is 175 Å². The molecule has 0 aliphatic carbocycles. The Morgan fingerprint density at radius 2 is 1.93 bits per heavy atom. The Kier molecular flexibility index (Phi) is 6.23. The lowest BCUT2D eigenvalue weighted by atomic mass is 10.0. The van der Waals surface area contributed by atoms with Gasteiger partial charge in [-0.1, -0.05) is 18.2 Å². The van der Waals surface area contributed by atoms with Crippen LogP contribution in [0.1, 0.15) is 40.8 Å². The molecule has 0 bridgehead atoms. The summed E-state index contributed by atoms with van der Waals surface area (Å²) in [5.41, 5.74) is 1.10. The molecule has 8 heteroatoms. The second-order valence-electron chi connectivity index (χ2n) is 7.47. The van der Waals surface area contributed by atoms with Crippen molar-refractivity contribution >= 4 is 11.8 Å². The van der Waals surface area contributed by atoms with Crippen molar-refractivity contribution in [1.82, 2.24) is 19.8 Å². The van der Waals surface area contributed by atoms with Gasteiger partial charge in [0.15, 0.2) is 6.61 Å². The third-order valence-corrected chi connectivity index (χ3v) is 5.46. The number of ether oxygens (including phenoxy) is 2. The molecule has 0 spiro atoms. The average molecular weight is 410 g/mol. The number of hydrogen-bond donors (Lipinski definition) is 0. The first-order chi connectivity index (χ1) is 14.6. The van der Waals surface area contributed by atoms with Crippen LogP contribution < -0.4 is 4.74 Å². The lowest BCUT2D eigenvalue weighted by molar-refractivity contribution is -0.134. The van der Waals surface area contributed by atoms with Crippen molar-refractivity contribution in [3.05, 3.63) is 53.6 Å². The van der Waals surface area contributed by atoms with Crippen molar-refractivity contribution in [3.8, 4) is 5.75 Å². The number of rotatable bonds is 5. The number of amides is 2. The fraction of sp³-hybridized carbons (Fsp3) is 0.455. The summed E-state index contributed by atoms with van der Waals surface area (Å²) in [7, 11) is 0. The zero-order valence-corrected chi connectivity index (χ0v) is 17.1. The van der Waals surface area contributed by atoms with Crippen LogP contribution in [0.5, 0.6) is 5.75 Å². The van der Waals surface area contributed by atoms with E-state index in [1.165, 1.54) is 0 Å². The van der Waals surface area contributed by atoms with E-state index in [4.69, 9.17) is 9.47 Å². The Morgan fingerprint density at radius 3 is 2.70 bits per heavy atom. The molecule has 2 aliphatic heterocycles. The monoisotopic (exact) mass is 410 g/mol. The van der Waals surface area contributed by atoms with E-state index in [1.807, 2.05) is 30.3 Å². The van der Waals surface area contributed by atoms with Gasteiger partial charge in [-0.3, -0.25) is 9.59 Å². The molecule has 0 N–H and O–H groups in total. The summed E-state index contributed by atoms with van der Waals surface area (Å²) < 4.78 is 11.0. The van der Waals surface area contributed by atoms with Crippen LogP contribution in [0, 0.1) is 6.92 Å². The number of carbonyl (C=O) groups excluding carboxylic acids is 2. The molecule has 8 nitrogen and oxygen atoms in total. The van der Waals surface area contributed by atoms with Gasteiger partial charge >= 0.3 is 0 Å².